The Kier molecular flexibility index (Phi) is 4.31. The predicted molar refractivity (Wildman–Crippen MR) is 98.9 cm³/mol. The van der Waals surface area contributed by atoms with Gasteiger partial charge in [-0.15, -0.1) is 11.3 Å². The Labute approximate surface area is 149 Å². The van der Waals surface area contributed by atoms with Crippen molar-refractivity contribution in [2.24, 2.45) is 0 Å². The fraction of sp³-hybridized carbons (Fsp3) is 0.333. The second-order valence-corrected chi connectivity index (χ2v) is 7.27. The zero-order valence-electron chi connectivity index (χ0n) is 14.0. The van der Waals surface area contributed by atoms with E-state index in [-0.39, 0.29) is 5.91 Å². The molecular weight excluding hydrogens is 334 g/mol. The molecular formula is C18H19N5OS. The minimum Gasteiger partial charge on any atom is -0.367 e. The zero-order chi connectivity index (χ0) is 17.2. The van der Waals surface area contributed by atoms with Gasteiger partial charge in [0.15, 0.2) is 5.01 Å². The van der Waals surface area contributed by atoms with Crippen LogP contribution in [0.3, 0.4) is 0 Å². The molecule has 0 unspecified atom stereocenters. The third-order valence-corrected chi connectivity index (χ3v) is 5.44. The summed E-state index contributed by atoms with van der Waals surface area (Å²) in [7, 11) is 0. The number of hydrogen-bond donors (Lipinski definition) is 1. The van der Waals surface area contributed by atoms with Crippen LogP contribution in [0.15, 0.2) is 36.7 Å². The van der Waals surface area contributed by atoms with Crippen LogP contribution in [0.5, 0.6) is 0 Å². The lowest BCUT2D eigenvalue weighted by Gasteiger charge is -2.32. The van der Waals surface area contributed by atoms with Gasteiger partial charge >= 0.3 is 0 Å². The van der Waals surface area contributed by atoms with E-state index in [1.54, 1.807) is 6.33 Å². The monoisotopic (exact) mass is 353 g/mol. The normalized spacial score (nSPS) is 15.5. The van der Waals surface area contributed by atoms with E-state index in [4.69, 9.17) is 0 Å². The summed E-state index contributed by atoms with van der Waals surface area (Å²) in [6.45, 7) is 3.42. The molecule has 3 aromatic rings. The van der Waals surface area contributed by atoms with E-state index in [2.05, 4.69) is 20.3 Å². The Bertz CT molecular complexity index is 868. The summed E-state index contributed by atoms with van der Waals surface area (Å²) in [5.74, 6) is 0.890. The van der Waals surface area contributed by atoms with Gasteiger partial charge in [0.2, 0.25) is 0 Å². The SMILES string of the molecule is Cc1cc(NC2CCN(C(=O)c3nc4ccccc4s3)CC2)ncn1. The van der Waals surface area contributed by atoms with Crippen molar-refractivity contribution in [1.82, 2.24) is 19.9 Å². The molecule has 1 amide bonds. The van der Waals surface area contributed by atoms with Crippen LogP contribution in [0.1, 0.15) is 28.3 Å². The minimum absolute atomic E-state index is 0.0394. The highest BCUT2D eigenvalue weighted by molar-refractivity contribution is 7.20. The topological polar surface area (TPSA) is 71.0 Å². The molecule has 25 heavy (non-hydrogen) atoms. The number of hydrogen-bond acceptors (Lipinski definition) is 6. The Morgan fingerprint density at radius 2 is 2.04 bits per heavy atom. The summed E-state index contributed by atoms with van der Waals surface area (Å²) >= 11 is 1.47. The fourth-order valence-corrected chi connectivity index (χ4v) is 4.00. The molecule has 2 aromatic heterocycles. The largest absolute Gasteiger partial charge is 0.367 e. The number of likely N-dealkylation sites (tertiary alicyclic amines) is 1. The smallest absolute Gasteiger partial charge is 0.282 e. The van der Waals surface area contributed by atoms with E-state index < -0.39 is 0 Å². The molecule has 4 rings (SSSR count). The molecule has 1 saturated heterocycles. The lowest BCUT2D eigenvalue weighted by atomic mass is 10.0. The maximum absolute atomic E-state index is 12.7. The number of thiazole rings is 1. The zero-order valence-corrected chi connectivity index (χ0v) is 14.8. The number of carbonyl (C=O) groups is 1. The van der Waals surface area contributed by atoms with Crippen LogP contribution in [0.4, 0.5) is 5.82 Å². The molecule has 6 nitrogen and oxygen atoms in total. The predicted octanol–water partition coefficient (Wildman–Crippen LogP) is 3.11. The molecule has 0 radical (unpaired) electrons. The van der Waals surface area contributed by atoms with Gasteiger partial charge in [-0.3, -0.25) is 4.79 Å². The average molecular weight is 353 g/mol. The van der Waals surface area contributed by atoms with Crippen molar-refractivity contribution in [1.29, 1.82) is 0 Å². The van der Waals surface area contributed by atoms with E-state index in [1.807, 2.05) is 42.2 Å². The van der Waals surface area contributed by atoms with Crippen LogP contribution < -0.4 is 5.32 Å². The summed E-state index contributed by atoms with van der Waals surface area (Å²) in [5.41, 5.74) is 1.84. The minimum atomic E-state index is 0.0394. The molecule has 128 valence electrons. The molecule has 0 saturated carbocycles. The number of nitrogens with one attached hydrogen (secondary N) is 1. The molecule has 1 aromatic carbocycles. The highest BCUT2D eigenvalue weighted by Gasteiger charge is 2.25. The van der Waals surface area contributed by atoms with Gasteiger partial charge in [0.1, 0.15) is 12.1 Å². The van der Waals surface area contributed by atoms with Crippen molar-refractivity contribution in [2.75, 3.05) is 18.4 Å². The number of aryl methyl sites for hydroxylation is 1. The Hall–Kier alpha value is -2.54. The Morgan fingerprint density at radius 3 is 2.80 bits per heavy atom. The van der Waals surface area contributed by atoms with Crippen LogP contribution in [0.25, 0.3) is 10.2 Å². The lowest BCUT2D eigenvalue weighted by molar-refractivity contribution is 0.0718. The number of carbonyl (C=O) groups excluding carboxylic acids is 1. The highest BCUT2D eigenvalue weighted by atomic mass is 32.1. The van der Waals surface area contributed by atoms with Gasteiger partial charge in [-0.2, -0.15) is 0 Å². The van der Waals surface area contributed by atoms with Crippen LogP contribution in [0, 0.1) is 6.92 Å². The number of amides is 1. The number of piperidine rings is 1. The van der Waals surface area contributed by atoms with E-state index >= 15 is 0 Å². The van der Waals surface area contributed by atoms with Gasteiger partial charge < -0.3 is 10.2 Å². The van der Waals surface area contributed by atoms with E-state index in [1.165, 1.54) is 11.3 Å². The maximum atomic E-state index is 12.7. The summed E-state index contributed by atoms with van der Waals surface area (Å²) in [6, 6.07) is 10.1. The summed E-state index contributed by atoms with van der Waals surface area (Å²) in [4.78, 5) is 27.5. The third kappa shape index (κ3) is 3.46. The number of benzene rings is 1. The number of rotatable bonds is 3. The van der Waals surface area contributed by atoms with Crippen molar-refractivity contribution in [3.05, 3.63) is 47.4 Å². The molecule has 1 aliphatic heterocycles. The first-order valence-electron chi connectivity index (χ1n) is 8.39. The quantitative estimate of drug-likeness (QED) is 0.783. The van der Waals surface area contributed by atoms with Gasteiger partial charge in [0.05, 0.1) is 10.2 Å². The van der Waals surface area contributed by atoms with Gasteiger partial charge in [0, 0.05) is 30.9 Å². The van der Waals surface area contributed by atoms with Crippen molar-refractivity contribution < 1.29 is 4.79 Å². The molecule has 0 aliphatic carbocycles. The fourth-order valence-electron chi connectivity index (χ4n) is 3.07. The number of aromatic nitrogens is 3. The molecule has 3 heterocycles. The van der Waals surface area contributed by atoms with Crippen LogP contribution in [-0.4, -0.2) is 44.9 Å². The van der Waals surface area contributed by atoms with Crippen molar-refractivity contribution in [2.45, 2.75) is 25.8 Å². The Balaban J connectivity index is 1.38. The van der Waals surface area contributed by atoms with Crippen LogP contribution in [0.2, 0.25) is 0 Å². The van der Waals surface area contributed by atoms with Gasteiger partial charge in [0.25, 0.3) is 5.91 Å². The molecule has 0 spiro atoms. The highest BCUT2D eigenvalue weighted by Crippen LogP contribution is 2.24. The summed E-state index contributed by atoms with van der Waals surface area (Å²) < 4.78 is 1.06. The van der Waals surface area contributed by atoms with Gasteiger partial charge in [-0.25, -0.2) is 15.0 Å². The number of anilines is 1. The lowest BCUT2D eigenvalue weighted by Crippen LogP contribution is -2.42. The second-order valence-electron chi connectivity index (χ2n) is 6.24. The standard InChI is InChI=1S/C18H19N5OS/c1-12-10-16(20-11-19-12)21-13-6-8-23(9-7-13)18(24)17-22-14-4-2-3-5-15(14)25-17/h2-5,10-11,13H,6-9H2,1H3,(H,19,20,21). The summed E-state index contributed by atoms with van der Waals surface area (Å²) in [5, 5.41) is 4.02. The Morgan fingerprint density at radius 1 is 1.24 bits per heavy atom. The first-order chi connectivity index (χ1) is 12.2. The van der Waals surface area contributed by atoms with Gasteiger partial charge in [-0.05, 0) is 31.9 Å². The first-order valence-corrected chi connectivity index (χ1v) is 9.21. The number of para-hydroxylation sites is 1. The first kappa shape index (κ1) is 16.0. The molecule has 0 atom stereocenters. The maximum Gasteiger partial charge on any atom is 0.282 e. The average Bonchev–Trinajstić information content (AvgIpc) is 3.06. The molecule has 7 heteroatoms. The third-order valence-electron chi connectivity index (χ3n) is 4.41. The summed E-state index contributed by atoms with van der Waals surface area (Å²) in [6.07, 6.45) is 3.38. The number of nitrogens with zero attached hydrogens (tertiary/aromatic N) is 4. The van der Waals surface area contributed by atoms with Crippen molar-refractivity contribution in [3.63, 3.8) is 0 Å². The van der Waals surface area contributed by atoms with Crippen molar-refractivity contribution >= 4 is 33.3 Å². The number of fused-ring (bicyclic) bond motifs is 1. The second kappa shape index (κ2) is 6.76. The van der Waals surface area contributed by atoms with E-state index in [9.17, 15) is 4.79 Å². The molecule has 1 aliphatic rings. The van der Waals surface area contributed by atoms with Crippen LogP contribution >= 0.6 is 11.3 Å². The van der Waals surface area contributed by atoms with Crippen LogP contribution in [-0.2, 0) is 0 Å². The van der Waals surface area contributed by atoms with E-state index in [0.717, 1.165) is 47.7 Å². The van der Waals surface area contributed by atoms with Gasteiger partial charge in [-0.1, -0.05) is 12.1 Å². The molecule has 0 bridgehead atoms. The molecule has 1 N–H and O–H groups in total. The molecule has 1 fully saturated rings. The van der Waals surface area contributed by atoms with Crippen molar-refractivity contribution in [3.8, 4) is 0 Å². The van der Waals surface area contributed by atoms with E-state index in [0.29, 0.717) is 11.0 Å².